The maximum absolute atomic E-state index is 11.3. The molecule has 0 aromatic rings. The zero-order valence-corrected chi connectivity index (χ0v) is 15.1. The summed E-state index contributed by atoms with van der Waals surface area (Å²) in [7, 11) is -2.85. The SMILES string of the molecule is CCNC(CCCS(C)(=O)=O)C(C)(C)N1CCCCCC1. The molecule has 1 unspecified atom stereocenters. The van der Waals surface area contributed by atoms with Crippen molar-refractivity contribution in [3.05, 3.63) is 0 Å². The van der Waals surface area contributed by atoms with Crippen molar-refractivity contribution in [1.29, 1.82) is 0 Å². The summed E-state index contributed by atoms with van der Waals surface area (Å²) >= 11 is 0. The normalized spacial score (nSPS) is 20.2. The summed E-state index contributed by atoms with van der Waals surface area (Å²) in [5, 5.41) is 3.59. The van der Waals surface area contributed by atoms with Crippen LogP contribution in [-0.4, -0.2) is 56.5 Å². The molecular weight excluding hydrogens is 284 g/mol. The molecule has 4 nitrogen and oxygen atoms in total. The van der Waals surface area contributed by atoms with Crippen LogP contribution in [0.15, 0.2) is 0 Å². The van der Waals surface area contributed by atoms with E-state index in [1.54, 1.807) is 0 Å². The Bertz CT molecular complexity index is 385. The Balaban J connectivity index is 2.66. The van der Waals surface area contributed by atoms with E-state index in [1.165, 1.54) is 45.0 Å². The minimum absolute atomic E-state index is 0.0812. The van der Waals surface area contributed by atoms with Crippen molar-refractivity contribution in [2.24, 2.45) is 0 Å². The summed E-state index contributed by atoms with van der Waals surface area (Å²) in [4.78, 5) is 2.60. The Hall–Kier alpha value is -0.130. The highest BCUT2D eigenvalue weighted by Gasteiger charge is 2.34. The van der Waals surface area contributed by atoms with Gasteiger partial charge >= 0.3 is 0 Å². The molecular formula is C16H34N2O2S. The summed E-state index contributed by atoms with van der Waals surface area (Å²) in [6, 6.07) is 0.349. The van der Waals surface area contributed by atoms with Gasteiger partial charge in [0.05, 0.1) is 0 Å². The number of rotatable bonds is 8. The summed E-state index contributed by atoms with van der Waals surface area (Å²) in [6.45, 7) is 10.0. The number of sulfone groups is 1. The van der Waals surface area contributed by atoms with Crippen LogP contribution in [0.25, 0.3) is 0 Å². The quantitative estimate of drug-likeness (QED) is 0.747. The number of nitrogens with zero attached hydrogens (tertiary/aromatic N) is 1. The predicted octanol–water partition coefficient (Wildman–Crippen LogP) is 2.44. The van der Waals surface area contributed by atoms with Crippen LogP contribution in [-0.2, 0) is 9.84 Å². The fourth-order valence-corrected chi connectivity index (χ4v) is 4.06. The maximum atomic E-state index is 11.3. The lowest BCUT2D eigenvalue weighted by Gasteiger charge is -2.44. The Labute approximate surface area is 131 Å². The van der Waals surface area contributed by atoms with Gasteiger partial charge in [0.2, 0.25) is 0 Å². The standard InChI is InChI=1S/C16H34N2O2S/c1-5-17-15(11-10-14-21(4,19)20)16(2,3)18-12-8-6-7-9-13-18/h15,17H,5-14H2,1-4H3. The average Bonchev–Trinajstić information content (AvgIpc) is 2.65. The molecule has 1 atom stereocenters. The Morgan fingerprint density at radius 1 is 1.14 bits per heavy atom. The molecule has 0 saturated carbocycles. The van der Waals surface area contributed by atoms with Gasteiger partial charge in [0, 0.05) is 23.6 Å². The van der Waals surface area contributed by atoms with E-state index in [-0.39, 0.29) is 5.54 Å². The molecule has 0 aromatic carbocycles. The first-order valence-electron chi connectivity index (χ1n) is 8.43. The summed E-state index contributed by atoms with van der Waals surface area (Å²) in [5.41, 5.74) is 0.0812. The van der Waals surface area contributed by atoms with Crippen molar-refractivity contribution >= 4 is 9.84 Å². The number of hydrogen-bond donors (Lipinski definition) is 1. The smallest absolute Gasteiger partial charge is 0.147 e. The zero-order valence-electron chi connectivity index (χ0n) is 14.3. The minimum Gasteiger partial charge on any atom is -0.312 e. The molecule has 1 aliphatic heterocycles. The van der Waals surface area contributed by atoms with Gasteiger partial charge in [0.25, 0.3) is 0 Å². The van der Waals surface area contributed by atoms with Gasteiger partial charge in [-0.1, -0.05) is 19.8 Å². The fourth-order valence-electron chi connectivity index (χ4n) is 3.37. The molecule has 21 heavy (non-hydrogen) atoms. The third kappa shape index (κ3) is 6.66. The second-order valence-corrected chi connectivity index (χ2v) is 9.20. The van der Waals surface area contributed by atoms with E-state index in [9.17, 15) is 8.42 Å². The van der Waals surface area contributed by atoms with Crippen LogP contribution in [0.5, 0.6) is 0 Å². The molecule has 5 heteroatoms. The van der Waals surface area contributed by atoms with Gasteiger partial charge in [-0.3, -0.25) is 4.90 Å². The van der Waals surface area contributed by atoms with Crippen LogP contribution >= 0.6 is 0 Å². The Morgan fingerprint density at radius 3 is 2.19 bits per heavy atom. The topological polar surface area (TPSA) is 49.4 Å². The van der Waals surface area contributed by atoms with E-state index in [2.05, 4.69) is 31.0 Å². The molecule has 0 bridgehead atoms. The molecule has 1 aliphatic rings. The largest absolute Gasteiger partial charge is 0.312 e. The molecule has 1 saturated heterocycles. The van der Waals surface area contributed by atoms with Gasteiger partial charge < -0.3 is 5.32 Å². The van der Waals surface area contributed by atoms with Gasteiger partial charge in [-0.25, -0.2) is 8.42 Å². The molecule has 0 aromatic heterocycles. The van der Waals surface area contributed by atoms with Crippen molar-refractivity contribution in [3.8, 4) is 0 Å². The van der Waals surface area contributed by atoms with Gasteiger partial charge in [0.1, 0.15) is 9.84 Å². The van der Waals surface area contributed by atoms with E-state index in [0.29, 0.717) is 11.8 Å². The Kier molecular flexibility index (Phi) is 7.65. The third-order valence-electron chi connectivity index (χ3n) is 4.73. The highest BCUT2D eigenvalue weighted by atomic mass is 32.2. The molecule has 0 aliphatic carbocycles. The van der Waals surface area contributed by atoms with Crippen LogP contribution in [0.2, 0.25) is 0 Å². The minimum atomic E-state index is -2.85. The molecule has 1 fully saturated rings. The maximum Gasteiger partial charge on any atom is 0.147 e. The lowest BCUT2D eigenvalue weighted by atomic mass is 9.88. The molecule has 1 heterocycles. The number of hydrogen-bond acceptors (Lipinski definition) is 4. The van der Waals surface area contributed by atoms with Crippen molar-refractivity contribution in [1.82, 2.24) is 10.2 Å². The highest BCUT2D eigenvalue weighted by molar-refractivity contribution is 7.90. The van der Waals surface area contributed by atoms with Gasteiger partial charge in [-0.2, -0.15) is 0 Å². The van der Waals surface area contributed by atoms with E-state index in [1.807, 2.05) is 0 Å². The Morgan fingerprint density at radius 2 is 1.71 bits per heavy atom. The van der Waals surface area contributed by atoms with E-state index in [0.717, 1.165) is 19.4 Å². The van der Waals surface area contributed by atoms with E-state index < -0.39 is 9.84 Å². The fraction of sp³-hybridized carbons (Fsp3) is 1.00. The van der Waals surface area contributed by atoms with E-state index in [4.69, 9.17) is 0 Å². The van der Waals surface area contributed by atoms with Crippen molar-refractivity contribution < 1.29 is 8.42 Å². The first-order valence-corrected chi connectivity index (χ1v) is 10.5. The molecule has 1 rings (SSSR count). The summed E-state index contributed by atoms with van der Waals surface area (Å²) in [6.07, 6.45) is 8.24. The number of nitrogens with one attached hydrogen (secondary N) is 1. The first kappa shape index (κ1) is 18.9. The second-order valence-electron chi connectivity index (χ2n) is 6.94. The van der Waals surface area contributed by atoms with Crippen LogP contribution in [0, 0.1) is 0 Å². The van der Waals surface area contributed by atoms with Crippen molar-refractivity contribution in [2.75, 3.05) is 31.6 Å². The van der Waals surface area contributed by atoms with Gasteiger partial charge in [0.15, 0.2) is 0 Å². The monoisotopic (exact) mass is 318 g/mol. The van der Waals surface area contributed by atoms with Crippen LogP contribution in [0.1, 0.15) is 59.3 Å². The molecule has 126 valence electrons. The second kappa shape index (κ2) is 8.49. The average molecular weight is 319 g/mol. The van der Waals surface area contributed by atoms with Gasteiger partial charge in [-0.05, 0) is 59.2 Å². The zero-order chi connectivity index (χ0) is 15.9. The van der Waals surface area contributed by atoms with Crippen molar-refractivity contribution in [2.45, 2.75) is 70.9 Å². The predicted molar refractivity (Wildman–Crippen MR) is 90.5 cm³/mol. The summed E-state index contributed by atoms with van der Waals surface area (Å²) in [5.74, 6) is 0.297. The van der Waals surface area contributed by atoms with Crippen LogP contribution < -0.4 is 5.32 Å². The molecule has 0 spiro atoms. The number of likely N-dealkylation sites (N-methyl/N-ethyl adjacent to an activating group) is 1. The first-order chi connectivity index (χ1) is 9.77. The lowest BCUT2D eigenvalue weighted by Crippen LogP contribution is -2.58. The van der Waals surface area contributed by atoms with Crippen LogP contribution in [0.3, 0.4) is 0 Å². The van der Waals surface area contributed by atoms with Gasteiger partial charge in [-0.15, -0.1) is 0 Å². The summed E-state index contributed by atoms with van der Waals surface area (Å²) < 4.78 is 22.7. The lowest BCUT2D eigenvalue weighted by molar-refractivity contribution is 0.0804. The number of likely N-dealkylation sites (tertiary alicyclic amines) is 1. The molecule has 0 amide bonds. The highest BCUT2D eigenvalue weighted by Crippen LogP contribution is 2.26. The molecule has 0 radical (unpaired) electrons. The van der Waals surface area contributed by atoms with E-state index >= 15 is 0 Å². The third-order valence-corrected chi connectivity index (χ3v) is 5.76. The van der Waals surface area contributed by atoms with Crippen molar-refractivity contribution in [3.63, 3.8) is 0 Å². The molecule has 1 N–H and O–H groups in total. The van der Waals surface area contributed by atoms with Crippen LogP contribution in [0.4, 0.5) is 0 Å².